The van der Waals surface area contributed by atoms with Crippen LogP contribution >= 0.6 is 0 Å². The first kappa shape index (κ1) is 21.2. The van der Waals surface area contributed by atoms with Gasteiger partial charge in [-0.3, -0.25) is 9.59 Å². The Bertz CT molecular complexity index is 918. The summed E-state index contributed by atoms with van der Waals surface area (Å²) in [5.41, 5.74) is 1.71. The third kappa shape index (κ3) is 4.24. The van der Waals surface area contributed by atoms with Crippen LogP contribution in [0.5, 0.6) is 11.5 Å². The molecule has 31 heavy (non-hydrogen) atoms. The highest BCUT2D eigenvalue weighted by molar-refractivity contribution is 6.01. The quantitative estimate of drug-likeness (QED) is 0.729. The Hall–Kier alpha value is -3.02. The Morgan fingerprint density at radius 2 is 1.45 bits per heavy atom. The molecule has 6 nitrogen and oxygen atoms in total. The number of hydrogen-bond acceptors (Lipinski definition) is 4. The molecule has 2 aliphatic heterocycles. The molecule has 0 aliphatic carbocycles. The van der Waals surface area contributed by atoms with Gasteiger partial charge in [0.15, 0.2) is 0 Å². The SMILES string of the molecule is COc1ccc([C@@H]2[C@@H](C(=O)N3CCC(C)CC3)CC(=O)N2c2ccc(OC)cc2)cc1. The van der Waals surface area contributed by atoms with E-state index in [4.69, 9.17) is 9.47 Å². The maximum atomic E-state index is 13.5. The molecule has 164 valence electrons. The molecule has 0 aromatic heterocycles. The zero-order valence-electron chi connectivity index (χ0n) is 18.4. The van der Waals surface area contributed by atoms with Gasteiger partial charge in [-0.15, -0.1) is 0 Å². The van der Waals surface area contributed by atoms with E-state index in [0.717, 1.165) is 48.7 Å². The number of ether oxygens (including phenoxy) is 2. The first-order valence-corrected chi connectivity index (χ1v) is 10.9. The largest absolute Gasteiger partial charge is 0.497 e. The number of carbonyl (C=O) groups excluding carboxylic acids is 2. The zero-order valence-corrected chi connectivity index (χ0v) is 18.4. The first-order valence-electron chi connectivity index (χ1n) is 10.9. The van der Waals surface area contributed by atoms with Crippen molar-refractivity contribution >= 4 is 17.5 Å². The highest BCUT2D eigenvalue weighted by Crippen LogP contribution is 2.43. The van der Waals surface area contributed by atoms with Gasteiger partial charge in [0.1, 0.15) is 11.5 Å². The van der Waals surface area contributed by atoms with Crippen LogP contribution in [0, 0.1) is 11.8 Å². The molecule has 2 aromatic rings. The van der Waals surface area contributed by atoms with E-state index in [9.17, 15) is 9.59 Å². The van der Waals surface area contributed by atoms with Crippen LogP contribution in [0.2, 0.25) is 0 Å². The number of benzene rings is 2. The van der Waals surface area contributed by atoms with E-state index in [1.165, 1.54) is 0 Å². The highest BCUT2D eigenvalue weighted by atomic mass is 16.5. The number of anilines is 1. The summed E-state index contributed by atoms with van der Waals surface area (Å²) in [4.78, 5) is 30.4. The molecular formula is C25H30N2O4. The molecule has 6 heteroatoms. The fourth-order valence-electron chi connectivity index (χ4n) is 4.65. The van der Waals surface area contributed by atoms with Gasteiger partial charge in [-0.25, -0.2) is 0 Å². The van der Waals surface area contributed by atoms with Crippen molar-refractivity contribution in [2.24, 2.45) is 11.8 Å². The molecule has 2 aromatic carbocycles. The number of piperidine rings is 1. The molecule has 0 N–H and O–H groups in total. The highest BCUT2D eigenvalue weighted by Gasteiger charge is 2.46. The van der Waals surface area contributed by atoms with Crippen LogP contribution < -0.4 is 14.4 Å². The number of likely N-dealkylation sites (tertiary alicyclic amines) is 1. The van der Waals surface area contributed by atoms with Gasteiger partial charge < -0.3 is 19.3 Å². The van der Waals surface area contributed by atoms with Crippen LogP contribution in [0.4, 0.5) is 5.69 Å². The minimum Gasteiger partial charge on any atom is -0.497 e. The van der Waals surface area contributed by atoms with E-state index in [2.05, 4.69) is 6.92 Å². The lowest BCUT2D eigenvalue weighted by Gasteiger charge is -2.35. The smallest absolute Gasteiger partial charge is 0.228 e. The van der Waals surface area contributed by atoms with E-state index in [1.54, 1.807) is 19.1 Å². The van der Waals surface area contributed by atoms with Crippen LogP contribution in [0.3, 0.4) is 0 Å². The number of carbonyl (C=O) groups is 2. The zero-order chi connectivity index (χ0) is 22.0. The molecular weight excluding hydrogens is 392 g/mol. The molecule has 0 unspecified atom stereocenters. The second kappa shape index (κ2) is 9.00. The van der Waals surface area contributed by atoms with Gasteiger partial charge in [0, 0.05) is 25.2 Å². The fraction of sp³-hybridized carbons (Fsp3) is 0.440. The summed E-state index contributed by atoms with van der Waals surface area (Å²) in [5, 5.41) is 0. The summed E-state index contributed by atoms with van der Waals surface area (Å²) in [6, 6.07) is 14.8. The number of amides is 2. The second-order valence-electron chi connectivity index (χ2n) is 8.50. The van der Waals surface area contributed by atoms with E-state index < -0.39 is 5.92 Å². The van der Waals surface area contributed by atoms with Crippen molar-refractivity contribution in [3.63, 3.8) is 0 Å². The molecule has 0 radical (unpaired) electrons. The van der Waals surface area contributed by atoms with Gasteiger partial charge in [-0.1, -0.05) is 19.1 Å². The Labute approximate surface area is 183 Å². The molecule has 0 spiro atoms. The summed E-state index contributed by atoms with van der Waals surface area (Å²) >= 11 is 0. The molecule has 2 aliphatic rings. The Kier molecular flexibility index (Phi) is 6.16. The van der Waals surface area contributed by atoms with Crippen LogP contribution in [0.1, 0.15) is 37.8 Å². The number of hydrogen-bond donors (Lipinski definition) is 0. The van der Waals surface area contributed by atoms with Gasteiger partial charge >= 0.3 is 0 Å². The molecule has 2 amide bonds. The van der Waals surface area contributed by atoms with Gasteiger partial charge in [0.05, 0.1) is 26.2 Å². The minimum absolute atomic E-state index is 0.0327. The summed E-state index contributed by atoms with van der Waals surface area (Å²) in [6.45, 7) is 3.76. The van der Waals surface area contributed by atoms with E-state index in [1.807, 2.05) is 53.4 Å². The van der Waals surface area contributed by atoms with Gasteiger partial charge in [0.2, 0.25) is 11.8 Å². The van der Waals surface area contributed by atoms with Crippen molar-refractivity contribution in [3.8, 4) is 11.5 Å². The van der Waals surface area contributed by atoms with Crippen LogP contribution in [-0.4, -0.2) is 44.0 Å². The lowest BCUT2D eigenvalue weighted by molar-refractivity contribution is -0.137. The van der Waals surface area contributed by atoms with Crippen LogP contribution in [0.25, 0.3) is 0 Å². The first-order chi connectivity index (χ1) is 15.0. The number of methoxy groups -OCH3 is 2. The number of nitrogens with zero attached hydrogens (tertiary/aromatic N) is 2. The molecule has 0 bridgehead atoms. The normalized spacial score (nSPS) is 22.0. The van der Waals surface area contributed by atoms with Gasteiger partial charge in [0.25, 0.3) is 0 Å². The summed E-state index contributed by atoms with van der Waals surface area (Å²) in [7, 11) is 3.24. The minimum atomic E-state index is -0.406. The molecule has 2 fully saturated rings. The fourth-order valence-corrected chi connectivity index (χ4v) is 4.65. The van der Waals surface area contributed by atoms with E-state index in [0.29, 0.717) is 5.92 Å². The molecule has 2 atom stereocenters. The average molecular weight is 423 g/mol. The van der Waals surface area contributed by atoms with E-state index in [-0.39, 0.29) is 24.3 Å². The van der Waals surface area contributed by atoms with Gasteiger partial charge in [-0.05, 0) is 60.7 Å². The predicted octanol–water partition coefficient (Wildman–Crippen LogP) is 4.06. The summed E-state index contributed by atoms with van der Waals surface area (Å²) in [5.74, 6) is 1.76. The Morgan fingerprint density at radius 1 is 0.903 bits per heavy atom. The maximum absolute atomic E-state index is 13.5. The van der Waals surface area contributed by atoms with Gasteiger partial charge in [-0.2, -0.15) is 0 Å². The van der Waals surface area contributed by atoms with Crippen molar-refractivity contribution in [1.29, 1.82) is 0 Å². The van der Waals surface area contributed by atoms with Crippen molar-refractivity contribution in [2.45, 2.75) is 32.2 Å². The van der Waals surface area contributed by atoms with Crippen molar-refractivity contribution in [1.82, 2.24) is 4.90 Å². The molecule has 2 saturated heterocycles. The topological polar surface area (TPSA) is 59.1 Å². The second-order valence-corrected chi connectivity index (χ2v) is 8.50. The molecule has 2 heterocycles. The van der Waals surface area contributed by atoms with Crippen molar-refractivity contribution < 1.29 is 19.1 Å². The predicted molar refractivity (Wildman–Crippen MR) is 119 cm³/mol. The maximum Gasteiger partial charge on any atom is 0.228 e. The standard InChI is InChI=1S/C25H30N2O4/c1-17-12-14-26(15-13-17)25(29)22-16-23(28)27(19-6-10-21(31-3)11-7-19)24(22)18-4-8-20(30-2)9-5-18/h4-11,17,22,24H,12-16H2,1-3H3/t22-,24+/m0/s1. The lowest BCUT2D eigenvalue weighted by atomic mass is 9.90. The monoisotopic (exact) mass is 422 g/mol. The Morgan fingerprint density at radius 3 is 2.00 bits per heavy atom. The van der Waals surface area contributed by atoms with Crippen molar-refractivity contribution in [3.05, 3.63) is 54.1 Å². The van der Waals surface area contributed by atoms with Crippen LogP contribution in [-0.2, 0) is 9.59 Å². The summed E-state index contributed by atoms with van der Waals surface area (Å²) < 4.78 is 10.6. The van der Waals surface area contributed by atoms with Crippen molar-refractivity contribution in [2.75, 3.05) is 32.2 Å². The average Bonchev–Trinajstić information content (AvgIpc) is 3.16. The number of rotatable bonds is 5. The molecule has 4 rings (SSSR count). The Balaban J connectivity index is 1.69. The third-order valence-corrected chi connectivity index (χ3v) is 6.54. The summed E-state index contributed by atoms with van der Waals surface area (Å²) in [6.07, 6.45) is 2.25. The third-order valence-electron chi connectivity index (χ3n) is 6.54. The molecule has 0 saturated carbocycles. The van der Waals surface area contributed by atoms with Crippen LogP contribution in [0.15, 0.2) is 48.5 Å². The van der Waals surface area contributed by atoms with E-state index >= 15 is 0 Å². The lowest BCUT2D eigenvalue weighted by Crippen LogP contribution is -2.43.